The van der Waals surface area contributed by atoms with Crippen molar-refractivity contribution in [2.75, 3.05) is 35.0 Å². The molecule has 0 amide bonds. The van der Waals surface area contributed by atoms with E-state index in [2.05, 4.69) is 4.99 Å². The Kier molecular flexibility index (Phi) is 3.60. The Balaban J connectivity index is 2.12. The largest absolute Gasteiger partial charge is 0.454 e. The maximum absolute atomic E-state index is 5.35. The summed E-state index contributed by atoms with van der Waals surface area (Å²) in [5.74, 6) is 2.55. The third kappa shape index (κ3) is 2.67. The summed E-state index contributed by atoms with van der Waals surface area (Å²) in [4.78, 5) is 8.58. The Morgan fingerprint density at radius 3 is 2.44 bits per heavy atom. The lowest BCUT2D eigenvalue weighted by molar-refractivity contribution is 0.174. The number of fused-ring (bicyclic) bond motifs is 1. The molecule has 0 bridgehead atoms. The highest BCUT2D eigenvalue weighted by atomic mass is 16.7. The van der Waals surface area contributed by atoms with Crippen LogP contribution >= 0.6 is 0 Å². The molecule has 0 aromatic heterocycles. The van der Waals surface area contributed by atoms with E-state index in [1.807, 2.05) is 56.2 Å². The maximum atomic E-state index is 5.35. The van der Waals surface area contributed by atoms with Gasteiger partial charge in [-0.2, -0.15) is 0 Å². The summed E-state index contributed by atoms with van der Waals surface area (Å²) in [5.41, 5.74) is 1.11. The first-order valence-corrected chi connectivity index (χ1v) is 5.85. The zero-order chi connectivity index (χ0) is 13.1. The molecule has 0 N–H and O–H groups in total. The van der Waals surface area contributed by atoms with Gasteiger partial charge in [0.2, 0.25) is 6.79 Å². The number of nitrogens with zero attached hydrogens (tertiary/aromatic N) is 3. The molecule has 2 rings (SSSR count). The zero-order valence-corrected chi connectivity index (χ0v) is 11.3. The first-order chi connectivity index (χ1) is 8.58. The van der Waals surface area contributed by atoms with E-state index >= 15 is 0 Å². The number of rotatable bonds is 2. The highest BCUT2D eigenvalue weighted by molar-refractivity contribution is 5.79. The number of benzene rings is 1. The molecule has 0 aliphatic carbocycles. The van der Waals surface area contributed by atoms with Gasteiger partial charge in [0.15, 0.2) is 17.5 Å². The number of guanidine groups is 1. The minimum absolute atomic E-state index is 0.308. The van der Waals surface area contributed by atoms with Crippen molar-refractivity contribution in [3.8, 4) is 11.5 Å². The van der Waals surface area contributed by atoms with Crippen molar-refractivity contribution in [2.45, 2.75) is 6.54 Å². The van der Waals surface area contributed by atoms with Gasteiger partial charge in [-0.1, -0.05) is 6.07 Å². The molecule has 0 spiro atoms. The summed E-state index contributed by atoms with van der Waals surface area (Å²) in [6.45, 7) is 0.936. The quantitative estimate of drug-likeness (QED) is 0.586. The highest BCUT2D eigenvalue weighted by Gasteiger charge is 2.13. The molecule has 5 nitrogen and oxygen atoms in total. The van der Waals surface area contributed by atoms with Crippen molar-refractivity contribution in [3.05, 3.63) is 23.8 Å². The van der Waals surface area contributed by atoms with E-state index in [-0.39, 0.29) is 0 Å². The molecule has 0 saturated heterocycles. The Morgan fingerprint density at radius 1 is 1.11 bits per heavy atom. The molecule has 0 atom stereocenters. The van der Waals surface area contributed by atoms with Gasteiger partial charge in [0, 0.05) is 28.2 Å². The minimum Gasteiger partial charge on any atom is -0.454 e. The fraction of sp³-hybridized carbons (Fsp3) is 0.462. The van der Waals surface area contributed by atoms with Gasteiger partial charge in [0.05, 0.1) is 6.54 Å². The first kappa shape index (κ1) is 12.5. The smallest absolute Gasteiger partial charge is 0.231 e. The van der Waals surface area contributed by atoms with Gasteiger partial charge < -0.3 is 19.3 Å². The highest BCUT2D eigenvalue weighted by Crippen LogP contribution is 2.32. The van der Waals surface area contributed by atoms with Gasteiger partial charge in [0.25, 0.3) is 0 Å². The number of aliphatic imine (C=N–C) groups is 1. The van der Waals surface area contributed by atoms with Crippen molar-refractivity contribution in [3.63, 3.8) is 0 Å². The summed E-state index contributed by atoms with van der Waals surface area (Å²) in [7, 11) is 7.94. The average Bonchev–Trinajstić information content (AvgIpc) is 2.75. The van der Waals surface area contributed by atoms with Gasteiger partial charge in [-0.3, -0.25) is 0 Å². The Morgan fingerprint density at radius 2 is 1.78 bits per heavy atom. The van der Waals surface area contributed by atoms with Gasteiger partial charge in [-0.15, -0.1) is 0 Å². The van der Waals surface area contributed by atoms with Crippen LogP contribution in [0.15, 0.2) is 23.2 Å². The molecule has 1 aromatic rings. The van der Waals surface area contributed by atoms with Gasteiger partial charge in [-0.05, 0) is 17.7 Å². The predicted octanol–water partition coefficient (Wildman–Crippen LogP) is 1.39. The molecule has 98 valence electrons. The van der Waals surface area contributed by atoms with E-state index in [0.29, 0.717) is 13.3 Å². The van der Waals surface area contributed by atoms with Crippen LogP contribution in [0.5, 0.6) is 11.5 Å². The topological polar surface area (TPSA) is 37.3 Å². The second-order valence-electron chi connectivity index (χ2n) is 4.59. The van der Waals surface area contributed by atoms with Crippen LogP contribution in [-0.4, -0.2) is 50.7 Å². The number of hydrogen-bond acceptors (Lipinski definition) is 3. The third-order valence-electron chi connectivity index (χ3n) is 2.64. The van der Waals surface area contributed by atoms with Gasteiger partial charge >= 0.3 is 0 Å². The SMILES string of the molecule is CN(C)C(=NCc1ccc2c(c1)OCO2)N(C)C. The van der Waals surface area contributed by atoms with Crippen LogP contribution in [0, 0.1) is 0 Å². The van der Waals surface area contributed by atoms with Crippen molar-refractivity contribution in [2.24, 2.45) is 4.99 Å². The van der Waals surface area contributed by atoms with Crippen LogP contribution in [0.4, 0.5) is 0 Å². The molecule has 1 aromatic carbocycles. The molecule has 1 heterocycles. The normalized spacial score (nSPS) is 12.2. The fourth-order valence-corrected chi connectivity index (χ4v) is 1.88. The third-order valence-corrected chi connectivity index (χ3v) is 2.64. The Hall–Kier alpha value is -1.91. The monoisotopic (exact) mass is 249 g/mol. The first-order valence-electron chi connectivity index (χ1n) is 5.85. The molecule has 18 heavy (non-hydrogen) atoms. The summed E-state index contributed by atoms with van der Waals surface area (Å²) < 4.78 is 10.6. The van der Waals surface area contributed by atoms with E-state index in [4.69, 9.17) is 9.47 Å². The molecule has 0 fully saturated rings. The summed E-state index contributed by atoms with van der Waals surface area (Å²) in [5, 5.41) is 0. The summed E-state index contributed by atoms with van der Waals surface area (Å²) in [6.07, 6.45) is 0. The molecule has 5 heteroatoms. The second kappa shape index (κ2) is 5.16. The van der Waals surface area contributed by atoms with Crippen LogP contribution in [0.1, 0.15) is 5.56 Å². The zero-order valence-electron chi connectivity index (χ0n) is 11.3. The van der Waals surface area contributed by atoms with Crippen molar-refractivity contribution < 1.29 is 9.47 Å². The van der Waals surface area contributed by atoms with Gasteiger partial charge in [-0.25, -0.2) is 4.99 Å². The molecule has 0 radical (unpaired) electrons. The van der Waals surface area contributed by atoms with Crippen LogP contribution in [0.2, 0.25) is 0 Å². The molecular formula is C13H19N3O2. The Bertz CT molecular complexity index is 446. The van der Waals surface area contributed by atoms with Crippen LogP contribution in [0.25, 0.3) is 0 Å². The number of hydrogen-bond donors (Lipinski definition) is 0. The minimum atomic E-state index is 0.308. The summed E-state index contributed by atoms with van der Waals surface area (Å²) in [6, 6.07) is 5.92. The van der Waals surface area contributed by atoms with E-state index < -0.39 is 0 Å². The molecule has 0 saturated carbocycles. The van der Waals surface area contributed by atoms with Crippen molar-refractivity contribution in [1.82, 2.24) is 9.80 Å². The van der Waals surface area contributed by atoms with E-state index in [1.165, 1.54) is 0 Å². The van der Waals surface area contributed by atoms with Gasteiger partial charge in [0.1, 0.15) is 0 Å². The van der Waals surface area contributed by atoms with Crippen LogP contribution in [0.3, 0.4) is 0 Å². The second-order valence-corrected chi connectivity index (χ2v) is 4.59. The molecule has 1 aliphatic rings. The average molecular weight is 249 g/mol. The maximum Gasteiger partial charge on any atom is 0.231 e. The molecular weight excluding hydrogens is 230 g/mol. The van der Waals surface area contributed by atoms with Crippen LogP contribution in [-0.2, 0) is 6.54 Å². The fourth-order valence-electron chi connectivity index (χ4n) is 1.88. The molecule has 0 unspecified atom stereocenters. The van der Waals surface area contributed by atoms with Crippen LogP contribution < -0.4 is 9.47 Å². The van der Waals surface area contributed by atoms with E-state index in [9.17, 15) is 0 Å². The summed E-state index contributed by atoms with van der Waals surface area (Å²) >= 11 is 0. The van der Waals surface area contributed by atoms with E-state index in [0.717, 1.165) is 23.0 Å². The lowest BCUT2D eigenvalue weighted by atomic mass is 10.2. The lowest BCUT2D eigenvalue weighted by Crippen LogP contribution is -2.35. The Labute approximate surface area is 108 Å². The van der Waals surface area contributed by atoms with Crippen molar-refractivity contribution >= 4 is 5.96 Å². The standard InChI is InChI=1S/C13H19N3O2/c1-15(2)13(16(3)4)14-8-10-5-6-11-12(7-10)18-9-17-11/h5-7H,8-9H2,1-4H3. The molecule has 1 aliphatic heterocycles. The van der Waals surface area contributed by atoms with Crippen molar-refractivity contribution in [1.29, 1.82) is 0 Å². The van der Waals surface area contributed by atoms with E-state index in [1.54, 1.807) is 0 Å². The predicted molar refractivity (Wildman–Crippen MR) is 71.1 cm³/mol. The number of ether oxygens (including phenoxy) is 2. The lowest BCUT2D eigenvalue weighted by Gasteiger charge is -2.22.